The van der Waals surface area contributed by atoms with Crippen molar-refractivity contribution in [3.05, 3.63) is 35.9 Å². The third-order valence-corrected chi connectivity index (χ3v) is 2.91. The molecule has 1 aromatic rings. The van der Waals surface area contributed by atoms with Crippen molar-refractivity contribution in [2.24, 2.45) is 0 Å². The Balaban J connectivity index is 1.98. The van der Waals surface area contributed by atoms with E-state index in [1.54, 1.807) is 0 Å². The van der Waals surface area contributed by atoms with E-state index in [9.17, 15) is 4.79 Å². The second kappa shape index (κ2) is 3.66. The predicted molar refractivity (Wildman–Crippen MR) is 57.4 cm³/mol. The van der Waals surface area contributed by atoms with Crippen molar-refractivity contribution in [2.45, 2.75) is 25.4 Å². The fourth-order valence-corrected chi connectivity index (χ4v) is 1.80. The van der Waals surface area contributed by atoms with Gasteiger partial charge in [0.05, 0.1) is 11.6 Å². The molecule has 80 valence electrons. The van der Waals surface area contributed by atoms with Crippen LogP contribution in [0.4, 0.5) is 0 Å². The molecule has 2 rings (SSSR count). The van der Waals surface area contributed by atoms with Gasteiger partial charge in [-0.05, 0) is 12.5 Å². The van der Waals surface area contributed by atoms with Crippen LogP contribution in [0.25, 0.3) is 0 Å². The third kappa shape index (κ3) is 2.02. The molecule has 1 aliphatic rings. The Bertz CT molecular complexity index is 363. The molecule has 15 heavy (non-hydrogen) atoms. The number of hydrogen-bond acceptors (Lipinski definition) is 3. The lowest BCUT2D eigenvalue weighted by Gasteiger charge is -2.08. The lowest BCUT2D eigenvalue weighted by Crippen LogP contribution is -2.14. The largest absolute Gasteiger partial charge is 0.464 e. The maximum absolute atomic E-state index is 10.7. The summed E-state index contributed by atoms with van der Waals surface area (Å²) in [6, 6.07) is 10.4. The number of hydrogen-bond donors (Lipinski definition) is 1. The minimum absolute atomic E-state index is 0.0310. The van der Waals surface area contributed by atoms with Gasteiger partial charge < -0.3 is 4.74 Å². The van der Waals surface area contributed by atoms with Crippen molar-refractivity contribution < 1.29 is 9.53 Å². The van der Waals surface area contributed by atoms with E-state index in [0.717, 1.165) is 0 Å². The van der Waals surface area contributed by atoms with Gasteiger partial charge in [0.15, 0.2) is 0 Å². The standard InChI is InChI=1S/C12H15NO2/c1-9(14)15-8-11-12(2,13-11)10-6-4-3-5-7-10/h3-7,11,13H,8H2,1-2H3/t11-,12-/m0/s1. The molecule has 3 heteroatoms. The van der Waals surface area contributed by atoms with Crippen LogP contribution >= 0.6 is 0 Å². The van der Waals surface area contributed by atoms with Crippen LogP contribution in [0.1, 0.15) is 19.4 Å². The van der Waals surface area contributed by atoms with Crippen LogP contribution in [0.2, 0.25) is 0 Å². The van der Waals surface area contributed by atoms with E-state index < -0.39 is 0 Å². The average molecular weight is 205 g/mol. The van der Waals surface area contributed by atoms with Gasteiger partial charge in [0, 0.05) is 6.92 Å². The topological polar surface area (TPSA) is 48.2 Å². The fourth-order valence-electron chi connectivity index (χ4n) is 1.80. The number of benzene rings is 1. The lowest BCUT2D eigenvalue weighted by molar-refractivity contribution is -0.140. The zero-order valence-corrected chi connectivity index (χ0v) is 8.99. The fraction of sp³-hybridized carbons (Fsp3) is 0.417. The van der Waals surface area contributed by atoms with E-state index in [1.807, 2.05) is 18.2 Å². The van der Waals surface area contributed by atoms with Gasteiger partial charge in [-0.15, -0.1) is 0 Å². The lowest BCUT2D eigenvalue weighted by atomic mass is 9.97. The summed E-state index contributed by atoms with van der Waals surface area (Å²) in [5, 5.41) is 3.34. The molecule has 0 bridgehead atoms. The highest BCUT2D eigenvalue weighted by atomic mass is 16.5. The second-order valence-electron chi connectivity index (χ2n) is 4.07. The SMILES string of the molecule is CC(=O)OC[C@@H]1N[C@@]1(C)c1ccccc1. The van der Waals surface area contributed by atoms with Crippen molar-refractivity contribution in [2.75, 3.05) is 6.61 Å². The molecule has 1 saturated heterocycles. The summed E-state index contributed by atoms with van der Waals surface area (Å²) in [5.41, 5.74) is 1.21. The number of carbonyl (C=O) groups is 1. The van der Waals surface area contributed by atoms with Crippen LogP contribution in [-0.2, 0) is 15.1 Å². The van der Waals surface area contributed by atoms with Gasteiger partial charge in [-0.1, -0.05) is 30.3 Å². The van der Waals surface area contributed by atoms with Gasteiger partial charge in [-0.3, -0.25) is 10.1 Å². The molecule has 0 radical (unpaired) electrons. The van der Waals surface area contributed by atoms with Crippen molar-refractivity contribution >= 4 is 5.97 Å². The molecule has 1 heterocycles. The summed E-state index contributed by atoms with van der Waals surface area (Å²) in [4.78, 5) is 10.7. The zero-order valence-electron chi connectivity index (χ0n) is 8.99. The Morgan fingerprint density at radius 3 is 2.73 bits per heavy atom. The Kier molecular flexibility index (Phi) is 2.49. The van der Waals surface area contributed by atoms with Crippen molar-refractivity contribution in [3.8, 4) is 0 Å². The first-order valence-corrected chi connectivity index (χ1v) is 5.09. The van der Waals surface area contributed by atoms with E-state index >= 15 is 0 Å². The molecular weight excluding hydrogens is 190 g/mol. The summed E-state index contributed by atoms with van der Waals surface area (Å²) in [6.45, 7) is 4.00. The zero-order chi connectivity index (χ0) is 10.9. The van der Waals surface area contributed by atoms with Crippen LogP contribution in [-0.4, -0.2) is 18.6 Å². The van der Waals surface area contributed by atoms with Crippen molar-refractivity contribution in [1.29, 1.82) is 0 Å². The third-order valence-electron chi connectivity index (χ3n) is 2.91. The molecule has 0 aliphatic carbocycles. The Morgan fingerprint density at radius 1 is 1.47 bits per heavy atom. The van der Waals surface area contributed by atoms with Crippen LogP contribution in [0.5, 0.6) is 0 Å². The maximum atomic E-state index is 10.7. The summed E-state index contributed by atoms with van der Waals surface area (Å²) in [5.74, 6) is -0.223. The molecule has 1 fully saturated rings. The monoisotopic (exact) mass is 205 g/mol. The number of ether oxygens (including phenoxy) is 1. The van der Waals surface area contributed by atoms with Gasteiger partial charge in [-0.25, -0.2) is 0 Å². The van der Waals surface area contributed by atoms with Crippen LogP contribution in [0.3, 0.4) is 0 Å². The first-order chi connectivity index (χ1) is 7.13. The smallest absolute Gasteiger partial charge is 0.302 e. The van der Waals surface area contributed by atoms with E-state index in [2.05, 4.69) is 24.4 Å². The van der Waals surface area contributed by atoms with E-state index in [1.165, 1.54) is 12.5 Å². The molecule has 0 aromatic heterocycles. The average Bonchev–Trinajstić information content (AvgIpc) is 2.90. The minimum atomic E-state index is -0.223. The molecule has 1 N–H and O–H groups in total. The van der Waals surface area contributed by atoms with E-state index in [-0.39, 0.29) is 17.6 Å². The van der Waals surface area contributed by atoms with Gasteiger partial charge in [-0.2, -0.15) is 0 Å². The van der Waals surface area contributed by atoms with Gasteiger partial charge in [0.1, 0.15) is 6.61 Å². The molecule has 0 unspecified atom stereocenters. The minimum Gasteiger partial charge on any atom is -0.464 e. The molecule has 0 amide bonds. The summed E-state index contributed by atoms with van der Waals surface area (Å²) in [6.07, 6.45) is 0. The molecule has 0 spiro atoms. The number of rotatable bonds is 3. The first kappa shape index (κ1) is 10.2. The van der Waals surface area contributed by atoms with Crippen LogP contribution in [0, 0.1) is 0 Å². The highest BCUT2D eigenvalue weighted by Gasteiger charge is 2.51. The second-order valence-corrected chi connectivity index (χ2v) is 4.07. The Hall–Kier alpha value is -1.35. The molecule has 2 atom stereocenters. The quantitative estimate of drug-likeness (QED) is 0.600. The van der Waals surface area contributed by atoms with Crippen LogP contribution in [0.15, 0.2) is 30.3 Å². The highest BCUT2D eigenvalue weighted by molar-refractivity contribution is 5.66. The first-order valence-electron chi connectivity index (χ1n) is 5.09. The number of nitrogens with one attached hydrogen (secondary N) is 1. The van der Waals surface area contributed by atoms with Crippen molar-refractivity contribution in [3.63, 3.8) is 0 Å². The molecule has 1 aromatic carbocycles. The van der Waals surface area contributed by atoms with Gasteiger partial charge in [0.25, 0.3) is 0 Å². The molecule has 3 nitrogen and oxygen atoms in total. The van der Waals surface area contributed by atoms with Gasteiger partial charge in [0.2, 0.25) is 0 Å². The normalized spacial score (nSPS) is 28.5. The Labute approximate surface area is 89.4 Å². The highest BCUT2D eigenvalue weighted by Crippen LogP contribution is 2.37. The van der Waals surface area contributed by atoms with E-state index in [4.69, 9.17) is 4.74 Å². The maximum Gasteiger partial charge on any atom is 0.302 e. The van der Waals surface area contributed by atoms with Gasteiger partial charge >= 0.3 is 5.97 Å². The number of esters is 1. The van der Waals surface area contributed by atoms with Crippen LogP contribution < -0.4 is 5.32 Å². The van der Waals surface area contributed by atoms with E-state index in [0.29, 0.717) is 6.61 Å². The summed E-state index contributed by atoms with van der Waals surface area (Å²) < 4.78 is 4.98. The number of carbonyl (C=O) groups excluding carboxylic acids is 1. The predicted octanol–water partition coefficient (Wildman–Crippen LogP) is 1.44. The molecule has 0 saturated carbocycles. The summed E-state index contributed by atoms with van der Waals surface area (Å²) >= 11 is 0. The Morgan fingerprint density at radius 2 is 2.13 bits per heavy atom. The molecule has 1 aliphatic heterocycles. The molecular formula is C12H15NO2. The van der Waals surface area contributed by atoms with Crippen molar-refractivity contribution in [1.82, 2.24) is 5.32 Å². The summed E-state index contributed by atoms with van der Waals surface area (Å²) in [7, 11) is 0.